The maximum absolute atomic E-state index is 12.7. The molecule has 28 heavy (non-hydrogen) atoms. The van der Waals surface area contributed by atoms with Crippen LogP contribution in [-0.2, 0) is 0 Å². The van der Waals surface area contributed by atoms with Crippen molar-refractivity contribution in [1.82, 2.24) is 10.3 Å². The van der Waals surface area contributed by atoms with Crippen molar-refractivity contribution in [1.29, 1.82) is 0 Å². The number of piperidine rings is 1. The van der Waals surface area contributed by atoms with Gasteiger partial charge in [-0.2, -0.15) is 0 Å². The van der Waals surface area contributed by atoms with E-state index < -0.39 is 0 Å². The molecule has 0 spiro atoms. The van der Waals surface area contributed by atoms with Gasteiger partial charge in [-0.15, -0.1) is 12.4 Å². The third-order valence-corrected chi connectivity index (χ3v) is 5.13. The Morgan fingerprint density at radius 1 is 1.21 bits per heavy atom. The summed E-state index contributed by atoms with van der Waals surface area (Å²) in [4.78, 5) is 16.8. The van der Waals surface area contributed by atoms with E-state index in [4.69, 9.17) is 23.2 Å². The van der Waals surface area contributed by atoms with Gasteiger partial charge in [-0.05, 0) is 51.1 Å². The summed E-state index contributed by atoms with van der Waals surface area (Å²) in [6.45, 7) is 3.75. The lowest BCUT2D eigenvalue weighted by Crippen LogP contribution is -2.23. The third kappa shape index (κ3) is 5.39. The van der Waals surface area contributed by atoms with Crippen molar-refractivity contribution in [2.75, 3.05) is 30.8 Å². The minimum absolute atomic E-state index is 0. The standard InChI is InChI=1S/C20H22Cl2N4O.ClH/c1-12-17(22)9-15(11-25-12)20(27)26-18-10-16(21)8-14(19(18)23-2)7-13-3-5-24-6-4-13;/h7-11,23-24H,3-6H2,1-2H3,(H,26,27);1H. The molecule has 1 amide bonds. The number of hydrogen-bond donors (Lipinski definition) is 3. The van der Waals surface area contributed by atoms with Crippen LogP contribution < -0.4 is 16.0 Å². The highest BCUT2D eigenvalue weighted by Gasteiger charge is 2.15. The number of nitrogens with zero attached hydrogens (tertiary/aromatic N) is 1. The van der Waals surface area contributed by atoms with E-state index in [1.165, 1.54) is 11.8 Å². The molecular weight excluding hydrogens is 419 g/mol. The first-order valence-electron chi connectivity index (χ1n) is 8.83. The largest absolute Gasteiger partial charge is 0.386 e. The molecule has 1 aromatic heterocycles. The first-order valence-corrected chi connectivity index (χ1v) is 9.58. The molecule has 1 aliphatic rings. The lowest BCUT2D eigenvalue weighted by atomic mass is 10.0. The molecule has 1 aliphatic heterocycles. The van der Waals surface area contributed by atoms with Crippen molar-refractivity contribution in [3.05, 3.63) is 56.8 Å². The quantitative estimate of drug-likeness (QED) is 0.611. The van der Waals surface area contributed by atoms with Gasteiger partial charge in [0.2, 0.25) is 0 Å². The molecule has 1 fully saturated rings. The monoisotopic (exact) mass is 440 g/mol. The van der Waals surface area contributed by atoms with Gasteiger partial charge in [-0.1, -0.05) is 34.9 Å². The number of amides is 1. The molecule has 3 rings (SSSR count). The first-order chi connectivity index (χ1) is 13.0. The van der Waals surface area contributed by atoms with Crippen LogP contribution in [0.4, 0.5) is 11.4 Å². The lowest BCUT2D eigenvalue weighted by molar-refractivity contribution is 0.102. The van der Waals surface area contributed by atoms with Gasteiger partial charge in [0.15, 0.2) is 0 Å². The maximum atomic E-state index is 12.7. The Bertz CT molecular complexity index is 891. The molecule has 2 heterocycles. The van der Waals surface area contributed by atoms with E-state index >= 15 is 0 Å². The zero-order valence-electron chi connectivity index (χ0n) is 15.7. The number of halogens is 3. The number of carbonyl (C=O) groups excluding carboxylic acids is 1. The van der Waals surface area contributed by atoms with Crippen molar-refractivity contribution in [2.24, 2.45) is 0 Å². The fraction of sp³-hybridized carbons (Fsp3) is 0.300. The molecule has 2 aromatic rings. The van der Waals surface area contributed by atoms with Gasteiger partial charge in [0.25, 0.3) is 5.91 Å². The predicted octanol–water partition coefficient (Wildman–Crippen LogP) is 5.18. The van der Waals surface area contributed by atoms with Crippen molar-refractivity contribution in [3.8, 4) is 0 Å². The molecule has 0 atom stereocenters. The van der Waals surface area contributed by atoms with E-state index in [1.807, 2.05) is 13.1 Å². The fourth-order valence-electron chi connectivity index (χ4n) is 3.06. The van der Waals surface area contributed by atoms with E-state index in [2.05, 4.69) is 27.0 Å². The van der Waals surface area contributed by atoms with E-state index in [0.29, 0.717) is 27.0 Å². The Labute approximate surface area is 181 Å². The van der Waals surface area contributed by atoms with Crippen LogP contribution in [0.15, 0.2) is 30.0 Å². The summed E-state index contributed by atoms with van der Waals surface area (Å²) in [5.74, 6) is -0.288. The Balaban J connectivity index is 0.00000280. The minimum Gasteiger partial charge on any atom is -0.386 e. The fourth-order valence-corrected chi connectivity index (χ4v) is 3.45. The highest BCUT2D eigenvalue weighted by atomic mass is 35.5. The number of carbonyl (C=O) groups is 1. The number of anilines is 2. The van der Waals surface area contributed by atoms with Crippen LogP contribution in [0.2, 0.25) is 10.0 Å². The molecule has 150 valence electrons. The number of nitrogens with one attached hydrogen (secondary N) is 3. The molecule has 0 aliphatic carbocycles. The Kier molecular flexibility index (Phi) is 8.13. The summed E-state index contributed by atoms with van der Waals surface area (Å²) in [5.41, 5.74) is 4.84. The van der Waals surface area contributed by atoms with Crippen LogP contribution in [0.5, 0.6) is 0 Å². The van der Waals surface area contributed by atoms with Crippen LogP contribution in [0.1, 0.15) is 34.5 Å². The number of rotatable bonds is 4. The maximum Gasteiger partial charge on any atom is 0.257 e. The van der Waals surface area contributed by atoms with Crippen LogP contribution in [0.25, 0.3) is 6.08 Å². The molecule has 8 heteroatoms. The number of pyridine rings is 1. The van der Waals surface area contributed by atoms with Gasteiger partial charge in [0.1, 0.15) is 0 Å². The predicted molar refractivity (Wildman–Crippen MR) is 120 cm³/mol. The lowest BCUT2D eigenvalue weighted by Gasteiger charge is -2.18. The van der Waals surface area contributed by atoms with Crippen molar-refractivity contribution in [2.45, 2.75) is 19.8 Å². The van der Waals surface area contributed by atoms with Crippen molar-refractivity contribution in [3.63, 3.8) is 0 Å². The summed E-state index contributed by atoms with van der Waals surface area (Å²) in [7, 11) is 1.83. The highest BCUT2D eigenvalue weighted by Crippen LogP contribution is 2.33. The molecule has 1 aromatic carbocycles. The molecule has 0 radical (unpaired) electrons. The Hall–Kier alpha value is -1.79. The molecular formula is C20H23Cl3N4O. The average Bonchev–Trinajstić information content (AvgIpc) is 2.64. The zero-order valence-corrected chi connectivity index (χ0v) is 18.1. The first kappa shape index (κ1) is 22.5. The van der Waals surface area contributed by atoms with Crippen LogP contribution >= 0.6 is 35.6 Å². The Morgan fingerprint density at radius 2 is 1.93 bits per heavy atom. The topological polar surface area (TPSA) is 66.0 Å². The number of aryl methyl sites for hydroxylation is 1. The second-order valence-corrected chi connectivity index (χ2v) is 7.31. The zero-order chi connectivity index (χ0) is 19.4. The normalized spacial score (nSPS) is 13.5. The number of hydrogen-bond acceptors (Lipinski definition) is 4. The van der Waals surface area contributed by atoms with E-state index in [9.17, 15) is 4.79 Å². The SMILES string of the molecule is CNc1c(C=C2CCNCC2)cc(Cl)cc1NC(=O)c1cnc(C)c(Cl)c1.Cl. The number of aromatic nitrogens is 1. The minimum atomic E-state index is -0.288. The molecule has 0 bridgehead atoms. The molecule has 5 nitrogen and oxygen atoms in total. The summed E-state index contributed by atoms with van der Waals surface area (Å²) < 4.78 is 0. The van der Waals surface area contributed by atoms with Gasteiger partial charge in [0, 0.05) is 23.8 Å². The third-order valence-electron chi connectivity index (χ3n) is 4.52. The molecule has 0 saturated carbocycles. The van der Waals surface area contributed by atoms with E-state index in [1.54, 1.807) is 19.1 Å². The van der Waals surface area contributed by atoms with Gasteiger partial charge < -0.3 is 16.0 Å². The molecule has 3 N–H and O–H groups in total. The smallest absolute Gasteiger partial charge is 0.257 e. The second kappa shape index (κ2) is 10.1. The van der Waals surface area contributed by atoms with E-state index in [-0.39, 0.29) is 18.3 Å². The summed E-state index contributed by atoms with van der Waals surface area (Å²) in [6, 6.07) is 5.25. The van der Waals surface area contributed by atoms with Gasteiger partial charge >= 0.3 is 0 Å². The summed E-state index contributed by atoms with van der Waals surface area (Å²) >= 11 is 12.4. The van der Waals surface area contributed by atoms with Crippen molar-refractivity contribution < 1.29 is 4.79 Å². The van der Waals surface area contributed by atoms with Crippen LogP contribution in [-0.4, -0.2) is 31.0 Å². The van der Waals surface area contributed by atoms with E-state index in [0.717, 1.165) is 37.2 Å². The van der Waals surface area contributed by atoms with Gasteiger partial charge in [-0.25, -0.2) is 0 Å². The second-order valence-electron chi connectivity index (χ2n) is 6.47. The summed E-state index contributed by atoms with van der Waals surface area (Å²) in [6.07, 6.45) is 5.67. The van der Waals surface area contributed by atoms with Gasteiger partial charge in [0.05, 0.1) is 27.7 Å². The van der Waals surface area contributed by atoms with Gasteiger partial charge in [-0.3, -0.25) is 9.78 Å². The van der Waals surface area contributed by atoms with Crippen molar-refractivity contribution >= 4 is 59.0 Å². The summed E-state index contributed by atoms with van der Waals surface area (Å²) in [5, 5.41) is 10.5. The van der Waals surface area contributed by atoms with Crippen LogP contribution in [0.3, 0.4) is 0 Å². The van der Waals surface area contributed by atoms with Crippen LogP contribution in [0, 0.1) is 6.92 Å². The Morgan fingerprint density at radius 3 is 2.57 bits per heavy atom. The molecule has 1 saturated heterocycles. The molecule has 0 unspecified atom stereocenters. The highest BCUT2D eigenvalue weighted by molar-refractivity contribution is 6.32. The number of benzene rings is 1. The average molecular weight is 442 g/mol.